The summed E-state index contributed by atoms with van der Waals surface area (Å²) in [5.41, 5.74) is 2.01. The van der Waals surface area contributed by atoms with E-state index in [1.807, 2.05) is 23.9 Å². The maximum absolute atomic E-state index is 12.2. The first-order valence-electron chi connectivity index (χ1n) is 10.1. The van der Waals surface area contributed by atoms with Gasteiger partial charge in [0.05, 0.1) is 25.3 Å². The highest BCUT2D eigenvalue weighted by atomic mass is 32.2. The first-order valence-corrected chi connectivity index (χ1v) is 11.2. The maximum Gasteiger partial charge on any atom is 0.315 e. The van der Waals surface area contributed by atoms with E-state index in [1.165, 1.54) is 5.69 Å². The number of carbonyl (C=O) groups excluding carboxylic acids is 2. The van der Waals surface area contributed by atoms with Crippen LogP contribution < -0.4 is 20.9 Å². The fourth-order valence-electron chi connectivity index (χ4n) is 4.07. The van der Waals surface area contributed by atoms with Gasteiger partial charge in [-0.2, -0.15) is 11.8 Å². The van der Waals surface area contributed by atoms with Crippen molar-refractivity contribution in [2.24, 2.45) is 0 Å². The van der Waals surface area contributed by atoms with Crippen LogP contribution in [0, 0.1) is 0 Å². The second-order valence-electron chi connectivity index (χ2n) is 7.56. The molecule has 0 aromatic heterocycles. The number of morpholine rings is 1. The van der Waals surface area contributed by atoms with E-state index < -0.39 is 0 Å². The molecule has 3 heterocycles. The Bertz CT molecular complexity index is 693. The third-order valence-corrected chi connectivity index (χ3v) is 7.12. The van der Waals surface area contributed by atoms with Crippen LogP contribution in [-0.2, 0) is 9.53 Å². The molecule has 0 bridgehead atoms. The first-order chi connectivity index (χ1) is 13.7. The van der Waals surface area contributed by atoms with Gasteiger partial charge >= 0.3 is 6.03 Å². The number of unbranched alkanes of at least 4 members (excludes halogenated alkanes) is 1. The molecule has 28 heavy (non-hydrogen) atoms. The highest BCUT2D eigenvalue weighted by molar-refractivity contribution is 8.00. The summed E-state index contributed by atoms with van der Waals surface area (Å²) in [6.07, 6.45) is 3.43. The van der Waals surface area contributed by atoms with Crippen LogP contribution in [0.4, 0.5) is 16.2 Å². The van der Waals surface area contributed by atoms with Gasteiger partial charge in [-0.3, -0.25) is 4.79 Å². The number of rotatable bonds is 7. The van der Waals surface area contributed by atoms with Crippen molar-refractivity contribution in [2.75, 3.05) is 42.3 Å². The number of amides is 3. The number of fused-ring (bicyclic) bond motifs is 1. The Hall–Kier alpha value is -1.93. The highest BCUT2D eigenvalue weighted by Gasteiger charge is 2.42. The van der Waals surface area contributed by atoms with Gasteiger partial charge in [0.25, 0.3) is 0 Å². The molecular weight excluding hydrogens is 376 g/mol. The molecule has 3 unspecified atom stereocenters. The van der Waals surface area contributed by atoms with Crippen molar-refractivity contribution in [3.05, 3.63) is 24.3 Å². The Morgan fingerprint density at radius 3 is 2.75 bits per heavy atom. The Kier molecular flexibility index (Phi) is 6.26. The standard InChI is InChI=1S/C20H28N4O3S/c25-18(4-2-1-3-17-19-16(13-28-17)22-20(26)23-19)21-14-5-7-15(8-6-14)24-9-11-27-12-10-24/h5-8,16-17,19H,1-4,9-13H2,(H,21,25)(H2,22,23,26). The molecule has 4 rings (SSSR count). The van der Waals surface area contributed by atoms with Crippen LogP contribution >= 0.6 is 11.8 Å². The van der Waals surface area contributed by atoms with Crippen LogP contribution in [0.1, 0.15) is 25.7 Å². The quantitative estimate of drug-likeness (QED) is 0.479. The number of nitrogens with one attached hydrogen (secondary N) is 3. The van der Waals surface area contributed by atoms with Crippen molar-refractivity contribution < 1.29 is 14.3 Å². The summed E-state index contributed by atoms with van der Waals surface area (Å²) in [6, 6.07) is 8.51. The third-order valence-electron chi connectivity index (χ3n) is 5.61. The normalized spacial score (nSPS) is 26.5. The van der Waals surface area contributed by atoms with E-state index in [4.69, 9.17) is 4.74 Å². The molecule has 0 saturated carbocycles. The van der Waals surface area contributed by atoms with E-state index in [2.05, 4.69) is 33.0 Å². The molecule has 1 aromatic carbocycles. The Morgan fingerprint density at radius 2 is 1.96 bits per heavy atom. The molecular formula is C20H28N4O3S. The lowest BCUT2D eigenvalue weighted by Crippen LogP contribution is -2.36. The highest BCUT2D eigenvalue weighted by Crippen LogP contribution is 2.33. The van der Waals surface area contributed by atoms with Crippen molar-refractivity contribution >= 4 is 35.1 Å². The van der Waals surface area contributed by atoms with E-state index in [0.717, 1.165) is 57.0 Å². The molecule has 3 N–H and O–H groups in total. The smallest absolute Gasteiger partial charge is 0.315 e. The van der Waals surface area contributed by atoms with Gasteiger partial charge < -0.3 is 25.6 Å². The molecule has 3 saturated heterocycles. The fourth-order valence-corrected chi connectivity index (χ4v) is 5.62. The van der Waals surface area contributed by atoms with Gasteiger partial charge in [-0.15, -0.1) is 0 Å². The molecule has 8 heteroatoms. The number of ether oxygens (including phenoxy) is 1. The van der Waals surface area contributed by atoms with Crippen molar-refractivity contribution in [3.63, 3.8) is 0 Å². The Labute approximate surface area is 169 Å². The average Bonchev–Trinajstić information content (AvgIpc) is 3.26. The van der Waals surface area contributed by atoms with Crippen LogP contribution in [0.3, 0.4) is 0 Å². The van der Waals surface area contributed by atoms with Crippen LogP contribution in [0.25, 0.3) is 0 Å². The van der Waals surface area contributed by atoms with Gasteiger partial charge in [0.15, 0.2) is 0 Å². The number of nitrogens with zero attached hydrogens (tertiary/aromatic N) is 1. The largest absolute Gasteiger partial charge is 0.378 e. The minimum absolute atomic E-state index is 0.0423. The molecule has 3 atom stereocenters. The summed E-state index contributed by atoms with van der Waals surface area (Å²) < 4.78 is 5.38. The summed E-state index contributed by atoms with van der Waals surface area (Å²) in [6.45, 7) is 3.35. The topological polar surface area (TPSA) is 82.7 Å². The molecule has 3 amide bonds. The summed E-state index contributed by atoms with van der Waals surface area (Å²) in [5, 5.41) is 9.43. The van der Waals surface area contributed by atoms with Crippen LogP contribution in [0.5, 0.6) is 0 Å². The Morgan fingerprint density at radius 1 is 1.18 bits per heavy atom. The Balaban J connectivity index is 1.15. The second kappa shape index (κ2) is 9.05. The zero-order chi connectivity index (χ0) is 19.3. The number of anilines is 2. The van der Waals surface area contributed by atoms with E-state index in [9.17, 15) is 9.59 Å². The summed E-state index contributed by atoms with van der Waals surface area (Å²) in [7, 11) is 0. The van der Waals surface area contributed by atoms with Crippen LogP contribution in [0.15, 0.2) is 24.3 Å². The number of thioether (sulfide) groups is 1. The van der Waals surface area contributed by atoms with Gasteiger partial charge in [0.2, 0.25) is 5.91 Å². The van der Waals surface area contributed by atoms with Crippen molar-refractivity contribution in [1.29, 1.82) is 0 Å². The number of hydrogen-bond acceptors (Lipinski definition) is 5. The van der Waals surface area contributed by atoms with E-state index >= 15 is 0 Å². The number of hydrogen-bond donors (Lipinski definition) is 3. The number of benzene rings is 1. The first kappa shape index (κ1) is 19.4. The van der Waals surface area contributed by atoms with Crippen LogP contribution in [-0.4, -0.2) is 61.3 Å². The predicted molar refractivity (Wildman–Crippen MR) is 112 cm³/mol. The van der Waals surface area contributed by atoms with E-state index in [0.29, 0.717) is 11.7 Å². The second-order valence-corrected chi connectivity index (χ2v) is 8.83. The summed E-state index contributed by atoms with van der Waals surface area (Å²) >= 11 is 1.92. The molecule has 0 spiro atoms. The van der Waals surface area contributed by atoms with Crippen molar-refractivity contribution in [3.8, 4) is 0 Å². The predicted octanol–water partition coefficient (Wildman–Crippen LogP) is 2.19. The molecule has 1 aromatic rings. The average molecular weight is 405 g/mol. The van der Waals surface area contributed by atoms with Gasteiger partial charge in [0.1, 0.15) is 0 Å². The summed E-state index contributed by atoms with van der Waals surface area (Å²) in [5.74, 6) is 1.04. The van der Waals surface area contributed by atoms with Crippen LogP contribution in [0.2, 0.25) is 0 Å². The SMILES string of the molecule is O=C(CCCCC1SCC2NC(=O)NC21)Nc1ccc(N2CCOCC2)cc1. The fraction of sp³-hybridized carbons (Fsp3) is 0.600. The number of carbonyl (C=O) groups is 2. The van der Waals surface area contributed by atoms with E-state index in [1.54, 1.807) is 0 Å². The van der Waals surface area contributed by atoms with Gasteiger partial charge in [-0.25, -0.2) is 4.79 Å². The minimum atomic E-state index is -0.0423. The molecule has 0 aliphatic carbocycles. The zero-order valence-corrected chi connectivity index (χ0v) is 16.8. The monoisotopic (exact) mass is 404 g/mol. The minimum Gasteiger partial charge on any atom is -0.378 e. The lowest BCUT2D eigenvalue weighted by atomic mass is 10.0. The molecule has 3 fully saturated rings. The zero-order valence-electron chi connectivity index (χ0n) is 16.0. The molecule has 0 radical (unpaired) electrons. The third kappa shape index (κ3) is 4.72. The van der Waals surface area contributed by atoms with Gasteiger partial charge in [-0.05, 0) is 37.1 Å². The van der Waals surface area contributed by atoms with Gasteiger partial charge in [0, 0.05) is 41.9 Å². The summed E-state index contributed by atoms with van der Waals surface area (Å²) in [4.78, 5) is 25.9. The lowest BCUT2D eigenvalue weighted by molar-refractivity contribution is -0.116. The lowest BCUT2D eigenvalue weighted by Gasteiger charge is -2.28. The maximum atomic E-state index is 12.2. The van der Waals surface area contributed by atoms with Crippen molar-refractivity contribution in [2.45, 2.75) is 43.0 Å². The molecule has 3 aliphatic rings. The van der Waals surface area contributed by atoms with E-state index in [-0.39, 0.29) is 24.0 Å². The van der Waals surface area contributed by atoms with Crippen molar-refractivity contribution in [1.82, 2.24) is 10.6 Å². The molecule has 7 nitrogen and oxygen atoms in total. The van der Waals surface area contributed by atoms with Gasteiger partial charge in [-0.1, -0.05) is 6.42 Å². The molecule has 3 aliphatic heterocycles. The molecule has 152 valence electrons. The number of urea groups is 1.